The molecule has 1 aromatic carbocycles. The first-order chi connectivity index (χ1) is 10.8. The van der Waals surface area contributed by atoms with Crippen molar-refractivity contribution >= 4 is 29.6 Å². The van der Waals surface area contributed by atoms with E-state index in [9.17, 15) is 14.4 Å². The lowest BCUT2D eigenvalue weighted by atomic mass is 9.92. The molecular formula is C17H21NO5. The number of hydrogen-bond acceptors (Lipinski definition) is 5. The molecule has 0 heterocycles. The van der Waals surface area contributed by atoms with Gasteiger partial charge in [0, 0.05) is 11.8 Å². The van der Waals surface area contributed by atoms with Crippen molar-refractivity contribution in [1.29, 1.82) is 0 Å². The number of carbonyl (C=O) groups excluding carboxylic acids is 3. The molecule has 0 atom stereocenters. The molecule has 0 aliphatic rings. The second-order valence-corrected chi connectivity index (χ2v) is 5.24. The van der Waals surface area contributed by atoms with E-state index in [-0.39, 0.29) is 6.61 Å². The predicted octanol–water partition coefficient (Wildman–Crippen LogP) is 2.40. The number of benzene rings is 1. The summed E-state index contributed by atoms with van der Waals surface area (Å²) in [5, 5.41) is 2.68. The van der Waals surface area contributed by atoms with Gasteiger partial charge in [-0.3, -0.25) is 9.59 Å². The molecule has 124 valence electrons. The lowest BCUT2D eigenvalue weighted by Crippen LogP contribution is -2.38. The SMILES string of the molecule is CCOC(=O)/C=C/c1ccccc1NC(=O)C(C)(C)C(=O)OC. The zero-order valence-electron chi connectivity index (χ0n) is 13.7. The van der Waals surface area contributed by atoms with Crippen LogP contribution in [0.3, 0.4) is 0 Å². The normalized spacial score (nSPS) is 11.1. The standard InChI is InChI=1S/C17H21NO5/c1-5-23-14(19)11-10-12-8-6-7-9-13(12)18-15(20)17(2,3)16(21)22-4/h6-11H,5H2,1-4H3,(H,18,20)/b11-10+. The lowest BCUT2D eigenvalue weighted by molar-refractivity contribution is -0.154. The first-order valence-corrected chi connectivity index (χ1v) is 7.16. The van der Waals surface area contributed by atoms with Crippen LogP contribution in [0.2, 0.25) is 0 Å². The third-order valence-electron chi connectivity index (χ3n) is 3.16. The number of methoxy groups -OCH3 is 1. The van der Waals surface area contributed by atoms with Gasteiger partial charge in [0.15, 0.2) is 0 Å². The largest absolute Gasteiger partial charge is 0.468 e. The van der Waals surface area contributed by atoms with Gasteiger partial charge in [-0.2, -0.15) is 0 Å². The van der Waals surface area contributed by atoms with Crippen LogP contribution in [-0.2, 0) is 23.9 Å². The number of hydrogen-bond donors (Lipinski definition) is 1. The number of para-hydroxylation sites is 1. The molecule has 0 saturated carbocycles. The monoisotopic (exact) mass is 319 g/mol. The number of esters is 2. The summed E-state index contributed by atoms with van der Waals surface area (Å²) in [6.45, 7) is 4.96. The van der Waals surface area contributed by atoms with Crippen molar-refractivity contribution in [3.63, 3.8) is 0 Å². The highest BCUT2D eigenvalue weighted by Crippen LogP contribution is 2.23. The highest BCUT2D eigenvalue weighted by molar-refractivity contribution is 6.08. The quantitative estimate of drug-likeness (QED) is 0.494. The fourth-order valence-electron chi connectivity index (χ4n) is 1.73. The summed E-state index contributed by atoms with van der Waals surface area (Å²) in [7, 11) is 1.23. The molecule has 1 aromatic rings. The molecule has 0 saturated heterocycles. The van der Waals surface area contributed by atoms with Crippen molar-refractivity contribution in [1.82, 2.24) is 0 Å². The summed E-state index contributed by atoms with van der Waals surface area (Å²) < 4.78 is 9.45. The zero-order chi connectivity index (χ0) is 17.5. The Morgan fingerprint density at radius 3 is 2.48 bits per heavy atom. The maximum Gasteiger partial charge on any atom is 0.330 e. The first-order valence-electron chi connectivity index (χ1n) is 7.16. The number of nitrogens with one attached hydrogen (secondary N) is 1. The summed E-state index contributed by atoms with van der Waals surface area (Å²) in [6.07, 6.45) is 2.82. The number of ether oxygens (including phenoxy) is 2. The summed E-state index contributed by atoms with van der Waals surface area (Å²) in [4.78, 5) is 35.4. The molecular weight excluding hydrogens is 298 g/mol. The van der Waals surface area contributed by atoms with Crippen molar-refractivity contribution < 1.29 is 23.9 Å². The van der Waals surface area contributed by atoms with Crippen LogP contribution in [0.5, 0.6) is 0 Å². The summed E-state index contributed by atoms with van der Waals surface area (Å²) in [5.74, 6) is -1.60. The number of carbonyl (C=O) groups is 3. The predicted molar refractivity (Wildman–Crippen MR) is 86.5 cm³/mol. The first kappa shape index (κ1) is 18.4. The van der Waals surface area contributed by atoms with Gasteiger partial charge in [0.1, 0.15) is 5.41 Å². The van der Waals surface area contributed by atoms with Crippen LogP contribution in [-0.4, -0.2) is 31.6 Å². The van der Waals surface area contributed by atoms with Gasteiger partial charge < -0.3 is 14.8 Å². The summed E-state index contributed by atoms with van der Waals surface area (Å²) >= 11 is 0. The lowest BCUT2D eigenvalue weighted by Gasteiger charge is -2.21. The maximum atomic E-state index is 12.3. The van der Waals surface area contributed by atoms with Crippen LogP contribution < -0.4 is 5.32 Å². The van der Waals surface area contributed by atoms with Gasteiger partial charge in [-0.05, 0) is 38.5 Å². The third kappa shape index (κ3) is 4.95. The molecule has 1 rings (SSSR count). The van der Waals surface area contributed by atoms with Gasteiger partial charge in [-0.15, -0.1) is 0 Å². The molecule has 0 radical (unpaired) electrons. The van der Waals surface area contributed by atoms with Gasteiger partial charge in [-0.25, -0.2) is 4.79 Å². The van der Waals surface area contributed by atoms with Crippen LogP contribution in [0.4, 0.5) is 5.69 Å². The Kier molecular flexibility index (Phi) is 6.50. The molecule has 23 heavy (non-hydrogen) atoms. The van der Waals surface area contributed by atoms with Crippen molar-refractivity contribution in [3.8, 4) is 0 Å². The second kappa shape index (κ2) is 8.12. The van der Waals surface area contributed by atoms with Crippen molar-refractivity contribution in [3.05, 3.63) is 35.9 Å². The molecule has 6 heteroatoms. The molecule has 0 unspecified atom stereocenters. The number of rotatable bonds is 6. The summed E-state index contributed by atoms with van der Waals surface area (Å²) in [5.41, 5.74) is -0.225. The Labute approximate surface area is 135 Å². The summed E-state index contributed by atoms with van der Waals surface area (Å²) in [6, 6.07) is 6.92. The Balaban J connectivity index is 2.96. The number of anilines is 1. The highest BCUT2D eigenvalue weighted by Gasteiger charge is 2.37. The van der Waals surface area contributed by atoms with E-state index in [0.29, 0.717) is 11.3 Å². The van der Waals surface area contributed by atoms with Crippen LogP contribution in [0.1, 0.15) is 26.3 Å². The molecule has 6 nitrogen and oxygen atoms in total. The average Bonchev–Trinajstić information content (AvgIpc) is 2.53. The molecule has 1 N–H and O–H groups in total. The van der Waals surface area contributed by atoms with Crippen molar-refractivity contribution in [2.75, 3.05) is 19.0 Å². The van der Waals surface area contributed by atoms with Crippen molar-refractivity contribution in [2.45, 2.75) is 20.8 Å². The van der Waals surface area contributed by atoms with E-state index in [1.165, 1.54) is 27.0 Å². The molecule has 0 spiro atoms. The smallest absolute Gasteiger partial charge is 0.330 e. The Morgan fingerprint density at radius 1 is 1.22 bits per heavy atom. The van der Waals surface area contributed by atoms with Crippen molar-refractivity contribution in [2.24, 2.45) is 5.41 Å². The van der Waals surface area contributed by atoms with Gasteiger partial charge in [-0.1, -0.05) is 18.2 Å². The van der Waals surface area contributed by atoms with E-state index < -0.39 is 23.3 Å². The van der Waals surface area contributed by atoms with E-state index in [0.717, 1.165) is 0 Å². The minimum atomic E-state index is -1.33. The molecule has 1 amide bonds. The van der Waals surface area contributed by atoms with E-state index in [2.05, 4.69) is 10.1 Å². The average molecular weight is 319 g/mol. The van der Waals surface area contributed by atoms with Gasteiger partial charge >= 0.3 is 11.9 Å². The maximum absolute atomic E-state index is 12.3. The zero-order valence-corrected chi connectivity index (χ0v) is 13.7. The van der Waals surface area contributed by atoms with E-state index in [1.54, 1.807) is 37.3 Å². The Morgan fingerprint density at radius 2 is 1.87 bits per heavy atom. The van der Waals surface area contributed by atoms with Crippen LogP contribution >= 0.6 is 0 Å². The fourth-order valence-corrected chi connectivity index (χ4v) is 1.73. The Bertz CT molecular complexity index is 619. The van der Waals surface area contributed by atoms with Crippen LogP contribution in [0.25, 0.3) is 6.08 Å². The highest BCUT2D eigenvalue weighted by atomic mass is 16.5. The molecule has 0 bridgehead atoms. The second-order valence-electron chi connectivity index (χ2n) is 5.24. The fraction of sp³-hybridized carbons (Fsp3) is 0.353. The molecule has 0 aliphatic carbocycles. The minimum Gasteiger partial charge on any atom is -0.468 e. The van der Waals surface area contributed by atoms with E-state index in [4.69, 9.17) is 4.74 Å². The van der Waals surface area contributed by atoms with Crippen LogP contribution in [0, 0.1) is 5.41 Å². The van der Waals surface area contributed by atoms with Gasteiger partial charge in [0.25, 0.3) is 0 Å². The van der Waals surface area contributed by atoms with Crippen LogP contribution in [0.15, 0.2) is 30.3 Å². The van der Waals surface area contributed by atoms with E-state index >= 15 is 0 Å². The number of amides is 1. The molecule has 0 aliphatic heterocycles. The van der Waals surface area contributed by atoms with E-state index in [1.807, 2.05) is 0 Å². The van der Waals surface area contributed by atoms with Gasteiger partial charge in [0.05, 0.1) is 13.7 Å². The topological polar surface area (TPSA) is 81.7 Å². The minimum absolute atomic E-state index is 0.287. The molecule has 0 aromatic heterocycles. The Hall–Kier alpha value is -2.63. The third-order valence-corrected chi connectivity index (χ3v) is 3.16. The molecule has 0 fully saturated rings. The van der Waals surface area contributed by atoms with Gasteiger partial charge in [0.2, 0.25) is 5.91 Å².